The van der Waals surface area contributed by atoms with Crippen LogP contribution in [-0.2, 0) is 4.79 Å². The minimum Gasteiger partial charge on any atom is -0.349 e. The van der Waals surface area contributed by atoms with Gasteiger partial charge in [0.05, 0.1) is 11.8 Å². The monoisotopic (exact) mass is 440 g/mol. The summed E-state index contributed by atoms with van der Waals surface area (Å²) in [6.07, 6.45) is 0. The molecule has 0 aliphatic carbocycles. The number of nitrogens with one attached hydrogen (secondary N) is 2. The molecule has 2 N–H and O–H groups in total. The first-order valence-electron chi connectivity index (χ1n) is 7.98. The molecule has 1 heterocycles. The topological polar surface area (TPSA) is 70.7 Å². The molecule has 1 aromatic heterocycles. The van der Waals surface area contributed by atoms with Gasteiger partial charge in [-0.05, 0) is 48.9 Å². The maximum atomic E-state index is 12.2. The number of hydrogen-bond donors (Lipinski definition) is 2. The quantitative estimate of drug-likeness (QED) is 0.502. The lowest BCUT2D eigenvalue weighted by Crippen LogP contribution is -2.28. The Balaban J connectivity index is 1.55. The van der Waals surface area contributed by atoms with Crippen LogP contribution in [0.4, 0.5) is 0 Å². The first kappa shape index (κ1) is 20.0. The average Bonchev–Trinajstić information content (AvgIpc) is 3.09. The van der Waals surface area contributed by atoms with Crippen LogP contribution in [0, 0.1) is 0 Å². The molecule has 0 radical (unpaired) electrons. The van der Waals surface area contributed by atoms with E-state index < -0.39 is 0 Å². The van der Waals surface area contributed by atoms with E-state index in [-0.39, 0.29) is 17.7 Å². The second kappa shape index (κ2) is 8.97. The van der Waals surface area contributed by atoms with Gasteiger partial charge in [-0.1, -0.05) is 52.6 Å². The summed E-state index contributed by atoms with van der Waals surface area (Å²) in [6, 6.07) is 12.2. The van der Waals surface area contributed by atoms with Crippen molar-refractivity contribution in [2.75, 3.05) is 5.75 Å². The van der Waals surface area contributed by atoms with Crippen LogP contribution >= 0.6 is 46.6 Å². The third kappa shape index (κ3) is 5.39. The molecule has 0 fully saturated rings. The highest BCUT2D eigenvalue weighted by Crippen LogP contribution is 2.26. The third-order valence-electron chi connectivity index (χ3n) is 3.72. The van der Waals surface area contributed by atoms with Gasteiger partial charge in [0.1, 0.15) is 0 Å². The number of aromatic amines is 1. The van der Waals surface area contributed by atoms with Gasteiger partial charge in [0.2, 0.25) is 11.1 Å². The van der Waals surface area contributed by atoms with Crippen molar-refractivity contribution < 1.29 is 4.79 Å². The summed E-state index contributed by atoms with van der Waals surface area (Å²) >= 11 is 19.2. The Hall–Kier alpha value is -1.73. The summed E-state index contributed by atoms with van der Waals surface area (Å²) in [5.41, 5.74) is 1.68. The Morgan fingerprint density at radius 2 is 1.85 bits per heavy atom. The first-order valence-corrected chi connectivity index (χ1v) is 10.1. The van der Waals surface area contributed by atoms with E-state index in [2.05, 4.69) is 20.5 Å². The van der Waals surface area contributed by atoms with Gasteiger partial charge in [-0.15, -0.1) is 5.10 Å². The molecule has 140 valence electrons. The fourth-order valence-corrected chi connectivity index (χ4v) is 3.70. The van der Waals surface area contributed by atoms with E-state index in [1.807, 2.05) is 19.1 Å². The normalized spacial score (nSPS) is 12.0. The number of thioether (sulfide) groups is 1. The molecular weight excluding hydrogens is 427 g/mol. The molecule has 0 saturated heterocycles. The second-order valence-corrected chi connectivity index (χ2v) is 7.94. The van der Waals surface area contributed by atoms with Crippen molar-refractivity contribution in [1.29, 1.82) is 0 Å². The molecule has 3 rings (SSSR count). The summed E-state index contributed by atoms with van der Waals surface area (Å²) in [7, 11) is 0. The van der Waals surface area contributed by atoms with Gasteiger partial charge in [0, 0.05) is 20.6 Å². The molecule has 0 aliphatic heterocycles. The predicted octanol–water partition coefficient (Wildman–Crippen LogP) is 5.40. The van der Waals surface area contributed by atoms with E-state index in [1.165, 1.54) is 11.8 Å². The molecule has 27 heavy (non-hydrogen) atoms. The van der Waals surface area contributed by atoms with E-state index in [0.717, 1.165) is 11.1 Å². The van der Waals surface area contributed by atoms with Gasteiger partial charge in [0.15, 0.2) is 5.82 Å². The van der Waals surface area contributed by atoms with E-state index in [0.29, 0.717) is 26.0 Å². The van der Waals surface area contributed by atoms with E-state index in [4.69, 9.17) is 34.8 Å². The summed E-state index contributed by atoms with van der Waals surface area (Å²) in [5.74, 6) is 0.667. The van der Waals surface area contributed by atoms with Crippen molar-refractivity contribution in [2.45, 2.75) is 18.1 Å². The van der Waals surface area contributed by atoms with Crippen molar-refractivity contribution in [3.8, 4) is 11.4 Å². The van der Waals surface area contributed by atoms with Crippen molar-refractivity contribution >= 4 is 52.5 Å². The van der Waals surface area contributed by atoms with Crippen LogP contribution < -0.4 is 5.32 Å². The first-order chi connectivity index (χ1) is 12.9. The number of benzene rings is 2. The van der Waals surface area contributed by atoms with E-state index in [9.17, 15) is 4.79 Å². The van der Waals surface area contributed by atoms with Crippen LogP contribution in [-0.4, -0.2) is 26.8 Å². The van der Waals surface area contributed by atoms with Gasteiger partial charge in [-0.3, -0.25) is 9.89 Å². The summed E-state index contributed by atoms with van der Waals surface area (Å²) in [4.78, 5) is 16.6. The fraction of sp³-hybridized carbons (Fsp3) is 0.167. The van der Waals surface area contributed by atoms with Crippen LogP contribution in [0.1, 0.15) is 18.5 Å². The number of nitrogens with zero attached hydrogens (tertiary/aromatic N) is 2. The Morgan fingerprint density at radius 3 is 2.56 bits per heavy atom. The van der Waals surface area contributed by atoms with Crippen LogP contribution in [0.15, 0.2) is 47.6 Å². The maximum Gasteiger partial charge on any atom is 0.230 e. The predicted molar refractivity (Wildman–Crippen MR) is 111 cm³/mol. The molecule has 1 atom stereocenters. The number of rotatable bonds is 6. The number of amides is 1. The second-order valence-electron chi connectivity index (χ2n) is 5.72. The van der Waals surface area contributed by atoms with E-state index >= 15 is 0 Å². The molecule has 0 saturated carbocycles. The Labute approximate surface area is 175 Å². The minimum absolute atomic E-state index is 0.142. The molecule has 5 nitrogen and oxygen atoms in total. The lowest BCUT2D eigenvalue weighted by atomic mass is 10.1. The molecule has 1 amide bonds. The van der Waals surface area contributed by atoms with Crippen LogP contribution in [0.25, 0.3) is 11.4 Å². The number of halogens is 3. The van der Waals surface area contributed by atoms with Crippen LogP contribution in [0.5, 0.6) is 0 Å². The van der Waals surface area contributed by atoms with Crippen molar-refractivity contribution in [3.05, 3.63) is 63.1 Å². The SMILES string of the molecule is CC(NC(=O)CSc1n[nH]c(-c2ccc(Cl)cc2)n1)c1ccc(Cl)cc1Cl. The maximum absolute atomic E-state index is 12.2. The largest absolute Gasteiger partial charge is 0.349 e. The van der Waals surface area contributed by atoms with Gasteiger partial charge >= 0.3 is 0 Å². The lowest BCUT2D eigenvalue weighted by molar-refractivity contribution is -0.119. The van der Waals surface area contributed by atoms with Crippen molar-refractivity contribution in [1.82, 2.24) is 20.5 Å². The molecule has 0 aliphatic rings. The zero-order valence-corrected chi connectivity index (χ0v) is 17.3. The highest BCUT2D eigenvalue weighted by Gasteiger charge is 2.14. The number of H-pyrrole nitrogens is 1. The highest BCUT2D eigenvalue weighted by molar-refractivity contribution is 7.99. The Kier molecular flexibility index (Phi) is 6.65. The fourth-order valence-electron chi connectivity index (χ4n) is 2.39. The summed E-state index contributed by atoms with van der Waals surface area (Å²) < 4.78 is 0. The van der Waals surface area contributed by atoms with E-state index in [1.54, 1.807) is 30.3 Å². The molecular formula is C18H15Cl3N4OS. The average molecular weight is 442 g/mol. The summed E-state index contributed by atoms with van der Waals surface area (Å²) in [5, 5.41) is 12.1. The smallest absolute Gasteiger partial charge is 0.230 e. The molecule has 2 aromatic carbocycles. The van der Waals surface area contributed by atoms with Gasteiger partial charge in [0.25, 0.3) is 0 Å². The number of carbonyl (C=O) groups is 1. The van der Waals surface area contributed by atoms with Crippen LogP contribution in [0.2, 0.25) is 15.1 Å². The van der Waals surface area contributed by atoms with Gasteiger partial charge < -0.3 is 5.32 Å². The Morgan fingerprint density at radius 1 is 1.15 bits per heavy atom. The summed E-state index contributed by atoms with van der Waals surface area (Å²) in [6.45, 7) is 1.86. The lowest BCUT2D eigenvalue weighted by Gasteiger charge is -2.15. The van der Waals surface area contributed by atoms with Crippen molar-refractivity contribution in [3.63, 3.8) is 0 Å². The Bertz CT molecular complexity index is 946. The molecule has 3 aromatic rings. The molecule has 1 unspecified atom stereocenters. The standard InChI is InChI=1S/C18H15Cl3N4OS/c1-10(14-7-6-13(20)8-15(14)21)22-16(26)9-27-18-23-17(24-25-18)11-2-4-12(19)5-3-11/h2-8,10H,9H2,1H3,(H,22,26)(H,23,24,25). The zero-order chi connectivity index (χ0) is 19.4. The van der Waals surface area contributed by atoms with Gasteiger partial charge in [-0.25, -0.2) is 4.98 Å². The molecule has 0 spiro atoms. The van der Waals surface area contributed by atoms with Crippen molar-refractivity contribution in [2.24, 2.45) is 0 Å². The highest BCUT2D eigenvalue weighted by atomic mass is 35.5. The van der Waals surface area contributed by atoms with Crippen LogP contribution in [0.3, 0.4) is 0 Å². The third-order valence-corrected chi connectivity index (χ3v) is 5.38. The molecule has 0 bridgehead atoms. The van der Waals surface area contributed by atoms with Gasteiger partial charge in [-0.2, -0.15) is 0 Å². The number of carbonyl (C=O) groups excluding carboxylic acids is 1. The number of aromatic nitrogens is 3. The minimum atomic E-state index is -0.236. The number of hydrogen-bond acceptors (Lipinski definition) is 4. The zero-order valence-electron chi connectivity index (χ0n) is 14.2. The molecule has 9 heteroatoms.